The SMILES string of the molecule is C[C@H]([NH2+]Cc1cccc(F)c1)C(=O)[O-]. The van der Waals surface area contributed by atoms with Crippen molar-refractivity contribution in [1.29, 1.82) is 0 Å². The molecular weight excluding hydrogens is 185 g/mol. The van der Waals surface area contributed by atoms with Gasteiger partial charge in [-0.15, -0.1) is 0 Å². The highest BCUT2D eigenvalue weighted by Crippen LogP contribution is 2.00. The highest BCUT2D eigenvalue weighted by Gasteiger charge is 2.05. The zero-order valence-electron chi connectivity index (χ0n) is 7.87. The minimum absolute atomic E-state index is 0.308. The molecule has 1 aromatic carbocycles. The van der Waals surface area contributed by atoms with E-state index in [1.807, 2.05) is 0 Å². The molecule has 1 atom stereocenters. The molecule has 0 amide bonds. The first-order chi connectivity index (χ1) is 6.59. The van der Waals surface area contributed by atoms with Gasteiger partial charge in [0.25, 0.3) is 0 Å². The molecule has 0 aromatic heterocycles. The Hall–Kier alpha value is -1.42. The number of hydrogen-bond acceptors (Lipinski definition) is 2. The van der Waals surface area contributed by atoms with Gasteiger partial charge in [-0.1, -0.05) is 12.1 Å². The van der Waals surface area contributed by atoms with Gasteiger partial charge in [-0.05, 0) is 19.1 Å². The molecule has 4 heteroatoms. The Bertz CT molecular complexity index is 328. The van der Waals surface area contributed by atoms with Crippen LogP contribution in [0.2, 0.25) is 0 Å². The summed E-state index contributed by atoms with van der Waals surface area (Å²) in [4.78, 5) is 10.4. The van der Waals surface area contributed by atoms with Gasteiger partial charge in [-0.3, -0.25) is 0 Å². The molecule has 0 heterocycles. The van der Waals surface area contributed by atoms with Crippen molar-refractivity contribution in [2.24, 2.45) is 0 Å². The van der Waals surface area contributed by atoms with Crippen LogP contribution >= 0.6 is 0 Å². The Labute approximate surface area is 81.6 Å². The normalized spacial score (nSPS) is 12.4. The highest BCUT2D eigenvalue weighted by atomic mass is 19.1. The zero-order chi connectivity index (χ0) is 10.6. The lowest BCUT2D eigenvalue weighted by Gasteiger charge is -2.10. The molecule has 0 bridgehead atoms. The van der Waals surface area contributed by atoms with Crippen LogP contribution in [0.1, 0.15) is 12.5 Å². The predicted molar refractivity (Wildman–Crippen MR) is 46.5 cm³/mol. The minimum Gasteiger partial charge on any atom is -0.544 e. The van der Waals surface area contributed by atoms with E-state index in [4.69, 9.17) is 0 Å². The summed E-state index contributed by atoms with van der Waals surface area (Å²) in [5.41, 5.74) is 0.762. The van der Waals surface area contributed by atoms with Crippen molar-refractivity contribution < 1.29 is 19.6 Å². The maximum atomic E-state index is 12.7. The number of carboxylic acid groups (broad SMARTS) is 1. The van der Waals surface area contributed by atoms with Gasteiger partial charge in [0.05, 0.1) is 5.97 Å². The van der Waals surface area contributed by atoms with Gasteiger partial charge >= 0.3 is 0 Å². The first-order valence-corrected chi connectivity index (χ1v) is 4.38. The van der Waals surface area contributed by atoms with E-state index >= 15 is 0 Å². The summed E-state index contributed by atoms with van der Waals surface area (Å²) >= 11 is 0. The van der Waals surface area contributed by atoms with Crippen molar-refractivity contribution in [3.05, 3.63) is 35.6 Å². The number of halogens is 1. The van der Waals surface area contributed by atoms with Crippen molar-refractivity contribution in [2.45, 2.75) is 19.5 Å². The molecule has 2 N–H and O–H groups in total. The third-order valence-electron chi connectivity index (χ3n) is 1.97. The van der Waals surface area contributed by atoms with E-state index in [1.165, 1.54) is 19.1 Å². The zero-order valence-corrected chi connectivity index (χ0v) is 7.87. The third-order valence-corrected chi connectivity index (χ3v) is 1.97. The topological polar surface area (TPSA) is 56.7 Å². The van der Waals surface area contributed by atoms with Crippen LogP contribution in [0.5, 0.6) is 0 Å². The Morgan fingerprint density at radius 3 is 2.93 bits per heavy atom. The van der Waals surface area contributed by atoms with Crippen LogP contribution in [-0.2, 0) is 11.3 Å². The van der Waals surface area contributed by atoms with E-state index in [0.29, 0.717) is 6.54 Å². The van der Waals surface area contributed by atoms with Crippen LogP contribution in [0.25, 0.3) is 0 Å². The lowest BCUT2D eigenvalue weighted by Crippen LogP contribution is -2.90. The van der Waals surface area contributed by atoms with Gasteiger partial charge in [0.1, 0.15) is 18.4 Å². The highest BCUT2D eigenvalue weighted by molar-refractivity contribution is 5.68. The number of rotatable bonds is 4. The molecule has 0 aliphatic carbocycles. The summed E-state index contributed by atoms with van der Waals surface area (Å²) in [7, 11) is 0. The fraction of sp³-hybridized carbons (Fsp3) is 0.300. The van der Waals surface area contributed by atoms with E-state index in [9.17, 15) is 14.3 Å². The van der Waals surface area contributed by atoms with Crippen molar-refractivity contribution >= 4 is 5.97 Å². The van der Waals surface area contributed by atoms with Gasteiger partial charge in [0.15, 0.2) is 0 Å². The molecule has 0 unspecified atom stereocenters. The van der Waals surface area contributed by atoms with Crippen LogP contribution in [-0.4, -0.2) is 12.0 Å². The molecule has 1 rings (SSSR count). The van der Waals surface area contributed by atoms with Crippen LogP contribution in [0.3, 0.4) is 0 Å². The molecule has 3 nitrogen and oxygen atoms in total. The molecule has 14 heavy (non-hydrogen) atoms. The van der Waals surface area contributed by atoms with E-state index in [1.54, 1.807) is 17.4 Å². The predicted octanol–water partition coefficient (Wildman–Crippen LogP) is -0.972. The van der Waals surface area contributed by atoms with Crippen molar-refractivity contribution in [1.82, 2.24) is 0 Å². The average molecular weight is 197 g/mol. The van der Waals surface area contributed by atoms with E-state index in [2.05, 4.69) is 0 Å². The number of benzene rings is 1. The first kappa shape index (κ1) is 10.7. The van der Waals surface area contributed by atoms with E-state index in [-0.39, 0.29) is 5.82 Å². The second-order valence-corrected chi connectivity index (χ2v) is 3.18. The molecule has 0 fully saturated rings. The Kier molecular flexibility index (Phi) is 3.59. The summed E-state index contributed by atoms with van der Waals surface area (Å²) in [6, 6.07) is 5.48. The smallest absolute Gasteiger partial charge is 0.123 e. The maximum absolute atomic E-state index is 12.7. The average Bonchev–Trinajstić information content (AvgIpc) is 2.14. The number of carbonyl (C=O) groups is 1. The fourth-order valence-electron chi connectivity index (χ4n) is 1.07. The Balaban J connectivity index is 2.49. The second-order valence-electron chi connectivity index (χ2n) is 3.18. The minimum atomic E-state index is -1.11. The molecule has 0 aliphatic heterocycles. The second kappa shape index (κ2) is 4.72. The quantitative estimate of drug-likeness (QED) is 0.675. The van der Waals surface area contributed by atoms with Crippen molar-refractivity contribution in [2.75, 3.05) is 0 Å². The number of quaternary nitrogens is 1. The number of carbonyl (C=O) groups excluding carboxylic acids is 1. The number of hydrogen-bond donors (Lipinski definition) is 1. The van der Waals surface area contributed by atoms with Crippen LogP contribution in [0, 0.1) is 5.82 Å². The van der Waals surface area contributed by atoms with E-state index < -0.39 is 12.0 Å². The molecule has 0 saturated heterocycles. The van der Waals surface area contributed by atoms with E-state index in [0.717, 1.165) is 5.56 Å². The number of aliphatic carboxylic acids is 1. The molecule has 76 valence electrons. The summed E-state index contributed by atoms with van der Waals surface area (Å²) in [6.45, 7) is 1.97. The van der Waals surface area contributed by atoms with Crippen molar-refractivity contribution in [3.63, 3.8) is 0 Å². The van der Waals surface area contributed by atoms with Gasteiger partial charge in [-0.2, -0.15) is 0 Å². The van der Waals surface area contributed by atoms with Gasteiger partial charge in [0, 0.05) is 5.56 Å². The lowest BCUT2D eigenvalue weighted by molar-refractivity contribution is -0.695. The van der Waals surface area contributed by atoms with Gasteiger partial charge in [-0.25, -0.2) is 4.39 Å². The fourth-order valence-corrected chi connectivity index (χ4v) is 1.07. The monoisotopic (exact) mass is 197 g/mol. The molecule has 0 saturated carbocycles. The molecule has 0 radical (unpaired) electrons. The molecule has 0 spiro atoms. The van der Waals surface area contributed by atoms with Gasteiger partial charge in [0.2, 0.25) is 0 Å². The number of carboxylic acids is 1. The molecule has 1 aromatic rings. The molecular formula is C10H12FNO2. The Morgan fingerprint density at radius 2 is 2.36 bits per heavy atom. The standard InChI is InChI=1S/C10H12FNO2/c1-7(10(13)14)12-6-8-3-2-4-9(11)5-8/h2-5,7,12H,6H2,1H3,(H,13,14)/t7-/m0/s1. The van der Waals surface area contributed by atoms with Crippen molar-refractivity contribution in [3.8, 4) is 0 Å². The van der Waals surface area contributed by atoms with Gasteiger partial charge < -0.3 is 15.2 Å². The molecule has 0 aliphatic rings. The maximum Gasteiger partial charge on any atom is 0.123 e. The summed E-state index contributed by atoms with van der Waals surface area (Å²) in [6.07, 6.45) is 0. The summed E-state index contributed by atoms with van der Waals surface area (Å²) in [5.74, 6) is -1.42. The van der Waals surface area contributed by atoms with Crippen LogP contribution < -0.4 is 10.4 Å². The Morgan fingerprint density at radius 1 is 1.64 bits per heavy atom. The lowest BCUT2D eigenvalue weighted by atomic mass is 10.2. The first-order valence-electron chi connectivity index (χ1n) is 4.38. The summed E-state index contributed by atoms with van der Waals surface area (Å²) in [5, 5.41) is 12.0. The third kappa shape index (κ3) is 3.14. The van der Waals surface area contributed by atoms with Crippen LogP contribution in [0.4, 0.5) is 4.39 Å². The number of nitrogens with two attached hydrogens (primary N) is 1. The van der Waals surface area contributed by atoms with Crippen LogP contribution in [0.15, 0.2) is 24.3 Å². The largest absolute Gasteiger partial charge is 0.544 e. The summed E-state index contributed by atoms with van der Waals surface area (Å²) < 4.78 is 12.7.